The summed E-state index contributed by atoms with van der Waals surface area (Å²) in [4.78, 5) is 4.28. The zero-order valence-corrected chi connectivity index (χ0v) is 19.5. The minimum atomic E-state index is -4.48. The number of hydrogen-bond donors (Lipinski definition) is 0. The predicted octanol–water partition coefficient (Wildman–Crippen LogP) is 8.01. The Morgan fingerprint density at radius 2 is 1.33 bits per heavy atom. The number of pyridine rings is 1. The molecule has 0 spiro atoms. The van der Waals surface area contributed by atoms with Gasteiger partial charge in [-0.15, -0.1) is 0 Å². The second kappa shape index (κ2) is 10.2. The highest BCUT2D eigenvalue weighted by molar-refractivity contribution is 5.86. The molecule has 5 aromatic rings. The van der Waals surface area contributed by atoms with Crippen molar-refractivity contribution in [2.24, 2.45) is 0 Å². The van der Waals surface area contributed by atoms with Crippen LogP contribution < -0.4 is 4.74 Å². The molecule has 1 aromatic heterocycles. The molecule has 0 bridgehead atoms. The molecule has 0 radical (unpaired) electrons. The van der Waals surface area contributed by atoms with Crippen molar-refractivity contribution in [1.82, 2.24) is 4.98 Å². The molecule has 5 heteroatoms. The number of ether oxygens (including phenoxy) is 1. The summed E-state index contributed by atoms with van der Waals surface area (Å²) in [6, 6.07) is 31.8. The molecule has 0 atom stereocenters. The molecule has 180 valence electrons. The number of alkyl halides is 3. The zero-order valence-electron chi connectivity index (χ0n) is 19.5. The van der Waals surface area contributed by atoms with Gasteiger partial charge in [0.15, 0.2) is 0 Å². The van der Waals surface area contributed by atoms with Crippen molar-refractivity contribution in [3.63, 3.8) is 0 Å². The third kappa shape index (κ3) is 5.41. The van der Waals surface area contributed by atoms with Gasteiger partial charge in [0.25, 0.3) is 0 Å². The van der Waals surface area contributed by atoms with Gasteiger partial charge in [0.2, 0.25) is 0 Å². The highest BCUT2D eigenvalue weighted by Crippen LogP contribution is 2.36. The maximum absolute atomic E-state index is 13.7. The van der Waals surface area contributed by atoms with E-state index in [4.69, 9.17) is 4.74 Å². The van der Waals surface area contributed by atoms with Gasteiger partial charge in [-0.25, -0.2) is 0 Å². The molecular formula is C31H24F3NO. The largest absolute Gasteiger partial charge is 0.489 e. The van der Waals surface area contributed by atoms with Crippen molar-refractivity contribution < 1.29 is 17.9 Å². The number of hydrogen-bond acceptors (Lipinski definition) is 2. The SMILES string of the molecule is FC(F)(F)c1cccc2c(Cc3cccc(OCc4ccccc4)c3)c(Cc3ccccc3)cnc12. The van der Waals surface area contributed by atoms with Crippen LogP contribution in [-0.4, -0.2) is 4.98 Å². The Hall–Kier alpha value is -4.12. The molecule has 4 aromatic carbocycles. The summed E-state index contributed by atoms with van der Waals surface area (Å²) < 4.78 is 47.2. The molecule has 0 fully saturated rings. The molecule has 5 rings (SSSR count). The summed E-state index contributed by atoms with van der Waals surface area (Å²) in [5.41, 5.74) is 4.11. The number of benzene rings is 4. The van der Waals surface area contributed by atoms with E-state index in [-0.39, 0.29) is 5.52 Å². The van der Waals surface area contributed by atoms with Crippen LogP contribution in [0.2, 0.25) is 0 Å². The number of para-hydroxylation sites is 1. The molecule has 0 saturated carbocycles. The average molecular weight is 484 g/mol. The van der Waals surface area contributed by atoms with Crippen LogP contribution in [0.4, 0.5) is 13.2 Å². The topological polar surface area (TPSA) is 22.1 Å². The van der Waals surface area contributed by atoms with Crippen LogP contribution in [0.5, 0.6) is 5.75 Å². The van der Waals surface area contributed by atoms with Gasteiger partial charge in [-0.3, -0.25) is 4.98 Å². The Kier molecular flexibility index (Phi) is 6.72. The van der Waals surface area contributed by atoms with E-state index >= 15 is 0 Å². The van der Waals surface area contributed by atoms with E-state index in [1.54, 1.807) is 12.3 Å². The fraction of sp³-hybridized carbons (Fsp3) is 0.129. The summed E-state index contributed by atoms with van der Waals surface area (Å²) in [5.74, 6) is 0.718. The molecule has 0 saturated heterocycles. The van der Waals surface area contributed by atoms with E-state index in [2.05, 4.69) is 4.98 Å². The van der Waals surface area contributed by atoms with Crippen LogP contribution >= 0.6 is 0 Å². The molecular weight excluding hydrogens is 459 g/mol. The molecule has 2 nitrogen and oxygen atoms in total. The average Bonchev–Trinajstić information content (AvgIpc) is 2.89. The molecule has 36 heavy (non-hydrogen) atoms. The van der Waals surface area contributed by atoms with Crippen molar-refractivity contribution in [2.75, 3.05) is 0 Å². The highest BCUT2D eigenvalue weighted by Gasteiger charge is 2.33. The van der Waals surface area contributed by atoms with Gasteiger partial charge in [-0.2, -0.15) is 13.2 Å². The van der Waals surface area contributed by atoms with Gasteiger partial charge < -0.3 is 4.74 Å². The van der Waals surface area contributed by atoms with Crippen molar-refractivity contribution in [2.45, 2.75) is 25.6 Å². The van der Waals surface area contributed by atoms with Gasteiger partial charge in [0.1, 0.15) is 12.4 Å². The minimum absolute atomic E-state index is 0.0201. The van der Waals surface area contributed by atoms with Gasteiger partial charge in [-0.05, 0) is 58.9 Å². The Morgan fingerprint density at radius 1 is 0.667 bits per heavy atom. The van der Waals surface area contributed by atoms with Crippen LogP contribution in [0.1, 0.15) is 33.4 Å². The first-order chi connectivity index (χ1) is 17.5. The Bertz CT molecular complexity index is 1460. The molecule has 0 aliphatic carbocycles. The Labute approximate surface area is 208 Å². The van der Waals surface area contributed by atoms with E-state index in [1.165, 1.54) is 6.07 Å². The standard InChI is InChI=1S/C31H24F3NO/c32-31(33,34)29-16-8-15-27-28(25(20-35-30(27)29)17-22-9-3-1-4-10-22)19-24-13-7-14-26(18-24)36-21-23-11-5-2-6-12-23/h1-16,18,20H,17,19,21H2. The highest BCUT2D eigenvalue weighted by atomic mass is 19.4. The van der Waals surface area contributed by atoms with E-state index in [9.17, 15) is 13.2 Å². The molecule has 0 unspecified atom stereocenters. The van der Waals surface area contributed by atoms with Gasteiger partial charge in [0, 0.05) is 11.6 Å². The monoisotopic (exact) mass is 483 g/mol. The number of fused-ring (bicyclic) bond motifs is 1. The summed E-state index contributed by atoms with van der Waals surface area (Å²) in [7, 11) is 0. The van der Waals surface area contributed by atoms with Crippen molar-refractivity contribution in [3.8, 4) is 5.75 Å². The zero-order chi connectivity index (χ0) is 25.0. The van der Waals surface area contributed by atoms with Crippen LogP contribution in [-0.2, 0) is 25.6 Å². The molecule has 0 aliphatic rings. The van der Waals surface area contributed by atoms with E-state index in [1.807, 2.05) is 84.9 Å². The second-order valence-corrected chi connectivity index (χ2v) is 8.72. The number of aromatic nitrogens is 1. The summed E-state index contributed by atoms with van der Waals surface area (Å²) in [6.07, 6.45) is -1.84. The van der Waals surface area contributed by atoms with E-state index < -0.39 is 11.7 Å². The second-order valence-electron chi connectivity index (χ2n) is 8.72. The number of rotatable bonds is 7. The molecule has 0 amide bonds. The van der Waals surface area contributed by atoms with Crippen molar-refractivity contribution in [1.29, 1.82) is 0 Å². The lowest BCUT2D eigenvalue weighted by Gasteiger charge is -2.17. The molecule has 0 N–H and O–H groups in total. The molecule has 0 aliphatic heterocycles. The van der Waals surface area contributed by atoms with Crippen LogP contribution in [0, 0.1) is 0 Å². The quantitative estimate of drug-likeness (QED) is 0.234. The number of halogens is 3. The van der Waals surface area contributed by atoms with Crippen LogP contribution in [0.15, 0.2) is 109 Å². The van der Waals surface area contributed by atoms with Gasteiger partial charge >= 0.3 is 6.18 Å². The smallest absolute Gasteiger partial charge is 0.418 e. The lowest BCUT2D eigenvalue weighted by atomic mass is 9.92. The fourth-order valence-corrected chi connectivity index (χ4v) is 4.42. The van der Waals surface area contributed by atoms with Crippen molar-refractivity contribution in [3.05, 3.63) is 143 Å². The first-order valence-corrected chi connectivity index (χ1v) is 11.7. The minimum Gasteiger partial charge on any atom is -0.489 e. The summed E-state index contributed by atoms with van der Waals surface area (Å²) in [6.45, 7) is 0.441. The summed E-state index contributed by atoms with van der Waals surface area (Å²) in [5, 5.41) is 0.522. The van der Waals surface area contributed by atoms with Gasteiger partial charge in [-0.1, -0.05) is 84.9 Å². The van der Waals surface area contributed by atoms with E-state index in [0.29, 0.717) is 24.8 Å². The lowest BCUT2D eigenvalue weighted by Crippen LogP contribution is -2.08. The Morgan fingerprint density at radius 3 is 2.06 bits per heavy atom. The maximum atomic E-state index is 13.7. The fourth-order valence-electron chi connectivity index (χ4n) is 4.42. The van der Waals surface area contributed by atoms with Crippen LogP contribution in [0.25, 0.3) is 10.9 Å². The maximum Gasteiger partial charge on any atom is 0.418 e. The van der Waals surface area contributed by atoms with E-state index in [0.717, 1.165) is 39.6 Å². The molecule has 1 heterocycles. The van der Waals surface area contributed by atoms with Crippen molar-refractivity contribution >= 4 is 10.9 Å². The predicted molar refractivity (Wildman–Crippen MR) is 136 cm³/mol. The lowest BCUT2D eigenvalue weighted by molar-refractivity contribution is -0.136. The first-order valence-electron chi connectivity index (χ1n) is 11.7. The number of nitrogens with zero attached hydrogens (tertiary/aromatic N) is 1. The summed E-state index contributed by atoms with van der Waals surface area (Å²) >= 11 is 0. The van der Waals surface area contributed by atoms with Gasteiger partial charge in [0.05, 0.1) is 11.1 Å². The van der Waals surface area contributed by atoms with Crippen LogP contribution in [0.3, 0.4) is 0 Å². The Balaban J connectivity index is 1.52. The first kappa shape index (κ1) is 23.6. The third-order valence-corrected chi connectivity index (χ3v) is 6.17. The normalized spacial score (nSPS) is 11.5. The third-order valence-electron chi connectivity index (χ3n) is 6.17.